The summed E-state index contributed by atoms with van der Waals surface area (Å²) in [5, 5.41) is 11.8. The van der Waals surface area contributed by atoms with E-state index in [1.165, 1.54) is 11.1 Å². The van der Waals surface area contributed by atoms with Gasteiger partial charge in [0.15, 0.2) is 34.5 Å². The number of methoxy groups -OCH3 is 5. The number of benzene rings is 2. The lowest BCUT2D eigenvalue weighted by atomic mass is 9.96. The van der Waals surface area contributed by atoms with Crippen LogP contribution in [0.25, 0.3) is 0 Å². The van der Waals surface area contributed by atoms with Gasteiger partial charge < -0.3 is 52.1 Å². The molecule has 0 saturated heterocycles. The van der Waals surface area contributed by atoms with Gasteiger partial charge in [0.2, 0.25) is 0 Å². The SMILES string of the molecule is CC.CC.CC.COCC1CCOc2cscc2O1.COCC1CCOc2cscc2O1.COCC1COc2cscc2OC1.COc1ccc(OC)c(C#CC(C)(C)C)c1.Cc1ccc(C)c(C#CC(C)(C)C)c1. The second-order valence-corrected chi connectivity index (χ2v) is 20.5. The Morgan fingerprint density at radius 1 is 0.507 bits per heavy atom. The van der Waals surface area contributed by atoms with Gasteiger partial charge in [-0.1, -0.05) is 77.4 Å². The van der Waals surface area contributed by atoms with Gasteiger partial charge in [-0.05, 0) is 90.8 Å². The molecule has 6 heterocycles. The number of fused-ring (bicyclic) bond motifs is 3. The van der Waals surface area contributed by atoms with Gasteiger partial charge in [-0.15, -0.1) is 34.0 Å². The highest BCUT2D eigenvalue weighted by Gasteiger charge is 2.21. The van der Waals surface area contributed by atoms with Gasteiger partial charge in [-0.2, -0.15) is 0 Å². The number of hydrogen-bond acceptors (Lipinski definition) is 14. The Morgan fingerprint density at radius 3 is 1.35 bits per heavy atom. The lowest BCUT2D eigenvalue weighted by Crippen LogP contribution is -2.22. The minimum Gasteiger partial charge on any atom is -0.497 e. The summed E-state index contributed by atoms with van der Waals surface area (Å²) in [5.74, 6) is 19.9. The van der Waals surface area contributed by atoms with Crippen molar-refractivity contribution in [3.63, 3.8) is 0 Å². The fourth-order valence-corrected chi connectivity index (χ4v) is 8.21. The van der Waals surface area contributed by atoms with Gasteiger partial charge in [0, 0.05) is 82.8 Å². The number of hydrogen-bond donors (Lipinski definition) is 0. The largest absolute Gasteiger partial charge is 0.497 e. The molecule has 2 unspecified atom stereocenters. The summed E-state index contributed by atoms with van der Waals surface area (Å²) in [5.41, 5.74) is 4.60. The Hall–Kier alpha value is -5.06. The summed E-state index contributed by atoms with van der Waals surface area (Å²) >= 11 is 4.79. The molecular formula is C61H90O11S3. The van der Waals surface area contributed by atoms with E-state index in [0.717, 1.165) is 70.0 Å². The van der Waals surface area contributed by atoms with Crippen LogP contribution in [0, 0.1) is 54.3 Å². The maximum atomic E-state index is 5.70. The topological polar surface area (TPSA) is 102 Å². The predicted molar refractivity (Wildman–Crippen MR) is 314 cm³/mol. The van der Waals surface area contributed by atoms with Crippen LogP contribution in [0.2, 0.25) is 0 Å². The van der Waals surface area contributed by atoms with Crippen molar-refractivity contribution >= 4 is 34.0 Å². The standard InChI is InChI=1S/C14H18O2.C14H18.3C9H12O3S.3C2H6/c1-14(2,3)9-8-11-10-12(15-4)6-7-13(11)16-5;1-11-6-7-12(2)13(10-11)8-9-14(3,4)5;1-10-2-7-3-11-8-5-13-6-9(8)12-4-7;2*1-10-4-7-2-3-11-8-5-13-6-9(8)12-7;3*1-2/h6-7,10H,1-5H3;6-7,10H,1-5H3;3*5-7H,2-4H2,1H3;3*1-2H3. The highest BCUT2D eigenvalue weighted by molar-refractivity contribution is 7.09. The monoisotopic (exact) mass is 1090 g/mol. The average Bonchev–Trinajstić information content (AvgIpc) is 4.08. The molecule has 11 nitrogen and oxygen atoms in total. The Morgan fingerprint density at radius 2 is 0.933 bits per heavy atom. The molecule has 14 heteroatoms. The summed E-state index contributed by atoms with van der Waals surface area (Å²) in [6, 6.07) is 12.0. The first-order valence-corrected chi connectivity index (χ1v) is 28.7. The van der Waals surface area contributed by atoms with Gasteiger partial charge in [-0.25, -0.2) is 0 Å². The lowest BCUT2D eigenvalue weighted by Gasteiger charge is -2.13. The maximum absolute atomic E-state index is 5.70. The van der Waals surface area contributed by atoms with Crippen molar-refractivity contribution in [2.75, 3.05) is 81.8 Å². The molecule has 3 aliphatic heterocycles. The first-order chi connectivity index (χ1) is 36.0. The molecule has 2 aromatic carbocycles. The summed E-state index contributed by atoms with van der Waals surface area (Å²) in [6.45, 7) is 33.5. The zero-order valence-electron chi connectivity index (χ0n) is 48.7. The fourth-order valence-electron chi connectivity index (χ4n) is 6.18. The molecule has 5 aromatic rings. The molecule has 8 rings (SSSR count). The van der Waals surface area contributed by atoms with Gasteiger partial charge >= 0.3 is 0 Å². The van der Waals surface area contributed by atoms with Gasteiger partial charge in [-0.3, -0.25) is 0 Å². The van der Waals surface area contributed by atoms with Crippen molar-refractivity contribution in [1.82, 2.24) is 0 Å². The summed E-state index contributed by atoms with van der Waals surface area (Å²) in [4.78, 5) is 0. The Kier molecular flexibility index (Phi) is 34.9. The van der Waals surface area contributed by atoms with Crippen LogP contribution >= 0.6 is 34.0 Å². The van der Waals surface area contributed by atoms with Crippen LogP contribution < -0.4 is 37.9 Å². The molecular weight excluding hydrogens is 1000 g/mol. The smallest absolute Gasteiger partial charge is 0.172 e. The zero-order chi connectivity index (χ0) is 56.2. The van der Waals surface area contributed by atoms with Crippen LogP contribution in [0.3, 0.4) is 0 Å². The third-order valence-electron chi connectivity index (χ3n) is 9.76. The molecule has 0 aliphatic carbocycles. The Bertz CT molecular complexity index is 2300. The van der Waals surface area contributed by atoms with E-state index in [2.05, 4.69) is 97.3 Å². The van der Waals surface area contributed by atoms with Crippen molar-refractivity contribution in [3.05, 3.63) is 90.9 Å². The van der Waals surface area contributed by atoms with Crippen LogP contribution in [0.15, 0.2) is 68.7 Å². The highest BCUT2D eigenvalue weighted by Crippen LogP contribution is 2.36. The first-order valence-electron chi connectivity index (χ1n) is 25.9. The molecule has 3 aromatic heterocycles. The molecule has 0 spiro atoms. The molecule has 2 atom stereocenters. The summed E-state index contributed by atoms with van der Waals surface area (Å²) in [7, 11) is 8.35. The van der Waals surface area contributed by atoms with Gasteiger partial charge in [0.1, 0.15) is 23.7 Å². The van der Waals surface area contributed by atoms with E-state index in [1.807, 2.05) is 92.0 Å². The van der Waals surface area contributed by atoms with Crippen molar-refractivity contribution in [1.29, 1.82) is 0 Å². The lowest BCUT2D eigenvalue weighted by molar-refractivity contribution is 0.0768. The van der Waals surface area contributed by atoms with E-state index >= 15 is 0 Å². The van der Waals surface area contributed by atoms with Crippen molar-refractivity contribution < 1.29 is 52.1 Å². The second-order valence-electron chi connectivity index (χ2n) is 18.3. The van der Waals surface area contributed by atoms with Gasteiger partial charge in [0.25, 0.3) is 0 Å². The van der Waals surface area contributed by atoms with E-state index in [0.29, 0.717) is 52.2 Å². The van der Waals surface area contributed by atoms with Gasteiger partial charge in [0.05, 0.1) is 71.9 Å². The fraction of sp³-hybridized carbons (Fsp3) is 0.541. The van der Waals surface area contributed by atoms with Crippen LogP contribution in [0.5, 0.6) is 46.0 Å². The normalized spacial score (nSPS) is 14.7. The van der Waals surface area contributed by atoms with E-state index in [4.69, 9.17) is 52.1 Å². The molecule has 0 amide bonds. The molecule has 3 aliphatic rings. The third kappa shape index (κ3) is 27.5. The van der Waals surface area contributed by atoms with Crippen LogP contribution in [-0.2, 0) is 14.2 Å². The van der Waals surface area contributed by atoms with Crippen molar-refractivity contribution in [2.24, 2.45) is 16.7 Å². The quantitative estimate of drug-likeness (QED) is 0.139. The zero-order valence-corrected chi connectivity index (χ0v) is 51.2. The summed E-state index contributed by atoms with van der Waals surface area (Å²) < 4.78 is 59.1. The second kappa shape index (κ2) is 38.5. The van der Waals surface area contributed by atoms with E-state index in [9.17, 15) is 0 Å². The Balaban J connectivity index is 0.000000457. The maximum Gasteiger partial charge on any atom is 0.172 e. The molecule has 0 bridgehead atoms. The number of rotatable bonds is 8. The minimum atomic E-state index is -0.0198. The number of aryl methyl sites for hydroxylation is 2. The summed E-state index contributed by atoms with van der Waals surface area (Å²) in [6.07, 6.45) is 2.02. The van der Waals surface area contributed by atoms with E-state index in [-0.39, 0.29) is 23.0 Å². The molecule has 75 heavy (non-hydrogen) atoms. The van der Waals surface area contributed by atoms with E-state index in [1.54, 1.807) is 69.6 Å². The average molecular weight is 1100 g/mol. The number of ether oxygens (including phenoxy) is 11. The van der Waals surface area contributed by atoms with Crippen molar-refractivity contribution in [3.8, 4) is 69.7 Å². The molecule has 0 fully saturated rings. The Labute approximate surface area is 464 Å². The third-order valence-corrected chi connectivity index (χ3v) is 11.9. The molecule has 0 saturated carbocycles. The molecule has 0 radical (unpaired) electrons. The predicted octanol–water partition coefficient (Wildman–Crippen LogP) is 15.5. The molecule has 418 valence electrons. The number of thiophene rings is 3. The van der Waals surface area contributed by atoms with E-state index < -0.39 is 0 Å². The van der Waals surface area contributed by atoms with Crippen molar-refractivity contribution in [2.45, 2.75) is 122 Å². The van der Waals surface area contributed by atoms with Crippen LogP contribution in [0.1, 0.15) is 118 Å². The first kappa shape index (κ1) is 68.0. The van der Waals surface area contributed by atoms with Crippen LogP contribution in [-0.4, -0.2) is 94.0 Å². The minimum absolute atomic E-state index is 0.0198. The van der Waals surface area contributed by atoms with Crippen LogP contribution in [0.4, 0.5) is 0 Å². The highest BCUT2D eigenvalue weighted by atomic mass is 32.1. The molecule has 0 N–H and O–H groups in total.